The Morgan fingerprint density at radius 2 is 2.12 bits per heavy atom. The van der Waals surface area contributed by atoms with Crippen LogP contribution in [0.2, 0.25) is 0 Å². The number of hydrogen-bond acceptors (Lipinski definition) is 3. The van der Waals surface area contributed by atoms with Crippen LogP contribution in [0.5, 0.6) is 0 Å². The topological polar surface area (TPSA) is 69.2 Å². The second kappa shape index (κ2) is 6.34. The third-order valence-corrected chi connectivity index (χ3v) is 2.01. The lowest BCUT2D eigenvalue weighted by molar-refractivity contribution is -0.385. The van der Waals surface area contributed by atoms with Gasteiger partial charge in [0.1, 0.15) is 5.82 Å². The van der Waals surface area contributed by atoms with E-state index < -0.39 is 29.1 Å². The first-order valence-electron chi connectivity index (χ1n) is 4.31. The molecule has 1 rings (SSSR count). The molecular weight excluding hydrogens is 242 g/mol. The number of rotatable bonds is 4. The first-order chi connectivity index (χ1) is 7.06. The molecule has 1 aromatic carbocycles. The summed E-state index contributed by atoms with van der Waals surface area (Å²) < 4.78 is 24.8. The molecule has 0 amide bonds. The van der Waals surface area contributed by atoms with Crippen molar-refractivity contribution in [3.05, 3.63) is 39.7 Å². The summed E-state index contributed by atoms with van der Waals surface area (Å²) >= 11 is 0. The Labute approximate surface area is 97.0 Å². The molecule has 0 unspecified atom stereocenters. The van der Waals surface area contributed by atoms with Gasteiger partial charge in [0.05, 0.1) is 17.7 Å². The highest BCUT2D eigenvalue weighted by atomic mass is 35.5. The molecule has 0 radical (unpaired) electrons. The molecule has 0 spiro atoms. The molecule has 16 heavy (non-hydrogen) atoms. The largest absolute Gasteiger partial charge is 0.324 e. The van der Waals surface area contributed by atoms with Crippen LogP contribution in [0.15, 0.2) is 18.2 Å². The van der Waals surface area contributed by atoms with Gasteiger partial charge in [0.25, 0.3) is 5.69 Å². The Kier molecular flexibility index (Phi) is 5.84. The van der Waals surface area contributed by atoms with Crippen molar-refractivity contribution < 1.29 is 13.7 Å². The maximum atomic E-state index is 12.7. The van der Waals surface area contributed by atoms with Crippen LogP contribution >= 0.6 is 12.4 Å². The Balaban J connectivity index is 0.00000225. The molecule has 0 aliphatic heterocycles. The molecule has 0 aliphatic rings. The van der Waals surface area contributed by atoms with Crippen LogP contribution in [0.25, 0.3) is 0 Å². The van der Waals surface area contributed by atoms with Crippen molar-refractivity contribution in [2.45, 2.75) is 12.5 Å². The number of nitrogens with two attached hydrogens (primary N) is 1. The predicted octanol–water partition coefficient (Wildman–Crippen LogP) is 2.52. The Morgan fingerprint density at radius 3 is 2.62 bits per heavy atom. The maximum absolute atomic E-state index is 12.7. The average molecular weight is 253 g/mol. The Morgan fingerprint density at radius 1 is 1.50 bits per heavy atom. The summed E-state index contributed by atoms with van der Waals surface area (Å²) in [5.74, 6) is -0.710. The van der Waals surface area contributed by atoms with Crippen LogP contribution in [0.1, 0.15) is 18.0 Å². The minimum absolute atomic E-state index is 0. The van der Waals surface area contributed by atoms with Crippen molar-refractivity contribution in [1.29, 1.82) is 0 Å². The van der Waals surface area contributed by atoms with Crippen LogP contribution in [-0.4, -0.2) is 11.6 Å². The number of hydrogen-bond donors (Lipinski definition) is 1. The SMILES string of the molecule is Cl.N[C@H](CCF)c1ccc(F)cc1[N+](=O)[O-]. The van der Waals surface area contributed by atoms with Gasteiger partial charge in [-0.1, -0.05) is 0 Å². The second-order valence-corrected chi connectivity index (χ2v) is 3.04. The normalized spacial score (nSPS) is 11.7. The van der Waals surface area contributed by atoms with Gasteiger partial charge in [0.15, 0.2) is 0 Å². The molecule has 4 nitrogen and oxygen atoms in total. The van der Waals surface area contributed by atoms with Crippen molar-refractivity contribution in [3.63, 3.8) is 0 Å². The van der Waals surface area contributed by atoms with Gasteiger partial charge in [-0.2, -0.15) is 0 Å². The zero-order valence-electron chi connectivity index (χ0n) is 8.23. The molecule has 0 heterocycles. The highest BCUT2D eigenvalue weighted by Crippen LogP contribution is 2.26. The average Bonchev–Trinajstić information content (AvgIpc) is 2.17. The molecule has 0 saturated heterocycles. The first-order valence-corrected chi connectivity index (χ1v) is 4.31. The summed E-state index contributed by atoms with van der Waals surface area (Å²) in [6.07, 6.45) is -0.0214. The lowest BCUT2D eigenvalue weighted by Gasteiger charge is -2.09. The van der Waals surface area contributed by atoms with Gasteiger partial charge < -0.3 is 5.73 Å². The summed E-state index contributed by atoms with van der Waals surface area (Å²) in [6.45, 7) is -0.671. The monoisotopic (exact) mass is 252 g/mol. The lowest BCUT2D eigenvalue weighted by atomic mass is 10.0. The number of benzene rings is 1. The van der Waals surface area contributed by atoms with E-state index in [-0.39, 0.29) is 24.4 Å². The van der Waals surface area contributed by atoms with E-state index in [1.807, 2.05) is 0 Å². The zero-order chi connectivity index (χ0) is 11.4. The molecule has 1 aromatic rings. The highest BCUT2D eigenvalue weighted by molar-refractivity contribution is 5.85. The second-order valence-electron chi connectivity index (χ2n) is 3.04. The molecule has 1 atom stereocenters. The van der Waals surface area contributed by atoms with E-state index in [0.29, 0.717) is 0 Å². The van der Waals surface area contributed by atoms with Gasteiger partial charge in [0, 0.05) is 11.6 Å². The quantitative estimate of drug-likeness (QED) is 0.661. The van der Waals surface area contributed by atoms with Gasteiger partial charge in [0.2, 0.25) is 0 Å². The number of halogens is 3. The summed E-state index contributed by atoms with van der Waals surface area (Å²) in [5.41, 5.74) is 5.27. The highest BCUT2D eigenvalue weighted by Gasteiger charge is 2.19. The molecule has 0 saturated carbocycles. The fourth-order valence-electron chi connectivity index (χ4n) is 1.26. The number of nitro benzene ring substituents is 1. The molecule has 0 aliphatic carbocycles. The van der Waals surface area contributed by atoms with E-state index in [2.05, 4.69) is 0 Å². The third-order valence-electron chi connectivity index (χ3n) is 2.01. The first kappa shape index (κ1) is 14.7. The van der Waals surface area contributed by atoms with Gasteiger partial charge in [-0.3, -0.25) is 14.5 Å². The molecule has 0 fully saturated rings. The molecule has 0 aromatic heterocycles. The molecule has 0 bridgehead atoms. The van der Waals surface area contributed by atoms with Crippen LogP contribution in [0, 0.1) is 15.9 Å². The van der Waals surface area contributed by atoms with Crippen LogP contribution < -0.4 is 5.73 Å². The fourth-order valence-corrected chi connectivity index (χ4v) is 1.26. The van der Waals surface area contributed by atoms with E-state index in [9.17, 15) is 18.9 Å². The molecule has 2 N–H and O–H groups in total. The van der Waals surface area contributed by atoms with Crippen LogP contribution in [-0.2, 0) is 0 Å². The predicted molar refractivity (Wildman–Crippen MR) is 57.8 cm³/mol. The van der Waals surface area contributed by atoms with E-state index in [1.54, 1.807) is 0 Å². The lowest BCUT2D eigenvalue weighted by Crippen LogP contribution is -2.13. The number of alkyl halides is 1. The molecule has 7 heteroatoms. The van der Waals surface area contributed by atoms with Gasteiger partial charge in [-0.25, -0.2) is 4.39 Å². The van der Waals surface area contributed by atoms with E-state index in [1.165, 1.54) is 6.07 Å². The van der Waals surface area contributed by atoms with E-state index in [4.69, 9.17) is 5.73 Å². The van der Waals surface area contributed by atoms with Crippen molar-refractivity contribution in [3.8, 4) is 0 Å². The van der Waals surface area contributed by atoms with Crippen LogP contribution in [0.3, 0.4) is 0 Å². The Hall–Kier alpha value is -1.27. The maximum Gasteiger partial charge on any atom is 0.277 e. The van der Waals surface area contributed by atoms with E-state index in [0.717, 1.165) is 12.1 Å². The third kappa shape index (κ3) is 3.39. The molecule has 90 valence electrons. The van der Waals surface area contributed by atoms with Gasteiger partial charge >= 0.3 is 0 Å². The molecular formula is C9H11ClF2N2O2. The fraction of sp³-hybridized carbons (Fsp3) is 0.333. The zero-order valence-corrected chi connectivity index (χ0v) is 9.05. The standard InChI is InChI=1S/C9H10F2N2O2.ClH/c10-4-3-8(12)7-2-1-6(11)5-9(7)13(14)15;/h1-2,5,8H,3-4,12H2;1H/t8-;/m1./s1. The summed E-state index contributed by atoms with van der Waals surface area (Å²) in [4.78, 5) is 9.85. The Bertz CT molecular complexity index is 377. The van der Waals surface area contributed by atoms with Crippen molar-refractivity contribution in [2.24, 2.45) is 5.73 Å². The van der Waals surface area contributed by atoms with E-state index >= 15 is 0 Å². The number of nitrogens with zero attached hydrogens (tertiary/aromatic N) is 1. The summed E-state index contributed by atoms with van der Waals surface area (Å²) in [7, 11) is 0. The van der Waals surface area contributed by atoms with Crippen LogP contribution in [0.4, 0.5) is 14.5 Å². The summed E-state index contributed by atoms with van der Waals surface area (Å²) in [5, 5.41) is 10.6. The van der Waals surface area contributed by atoms with Gasteiger partial charge in [-0.05, 0) is 18.6 Å². The van der Waals surface area contributed by atoms with Crippen molar-refractivity contribution in [2.75, 3.05) is 6.67 Å². The number of nitro groups is 1. The minimum atomic E-state index is -0.781. The van der Waals surface area contributed by atoms with Crippen molar-refractivity contribution in [1.82, 2.24) is 0 Å². The van der Waals surface area contributed by atoms with Crippen molar-refractivity contribution >= 4 is 18.1 Å². The minimum Gasteiger partial charge on any atom is -0.324 e. The van der Waals surface area contributed by atoms with Gasteiger partial charge in [-0.15, -0.1) is 12.4 Å². The summed E-state index contributed by atoms with van der Waals surface area (Å²) in [6, 6.07) is 2.29. The smallest absolute Gasteiger partial charge is 0.277 e.